The summed E-state index contributed by atoms with van der Waals surface area (Å²) in [4.78, 5) is 4.51. The van der Waals surface area contributed by atoms with Gasteiger partial charge in [0.2, 0.25) is 0 Å². The zero-order chi connectivity index (χ0) is 14.9. The van der Waals surface area contributed by atoms with E-state index in [-0.39, 0.29) is 11.9 Å². The van der Waals surface area contributed by atoms with Gasteiger partial charge in [0.25, 0.3) is 0 Å². The van der Waals surface area contributed by atoms with Gasteiger partial charge in [-0.05, 0) is 27.8 Å². The quantitative estimate of drug-likeness (QED) is 0.864. The highest BCUT2D eigenvalue weighted by atomic mass is 19.1. The molecule has 1 fully saturated rings. The first-order valence-electron chi connectivity index (χ1n) is 7.09. The van der Waals surface area contributed by atoms with Gasteiger partial charge < -0.3 is 20.3 Å². The summed E-state index contributed by atoms with van der Waals surface area (Å²) in [7, 11) is 2.11. The standard InChI is InChI=1S/C15H24FN3O/c1-10(2)20-15-8-14(13(17)7-12(15)16)19-6-5-18(4)11(3)9-19/h7-8,10-11H,5-6,9,17H2,1-4H3. The van der Waals surface area contributed by atoms with Crippen LogP contribution in [-0.2, 0) is 0 Å². The molecule has 0 amide bonds. The van der Waals surface area contributed by atoms with Gasteiger partial charge in [0.1, 0.15) is 0 Å². The summed E-state index contributed by atoms with van der Waals surface area (Å²) in [6.07, 6.45) is -0.0626. The molecule has 2 rings (SSSR count). The summed E-state index contributed by atoms with van der Waals surface area (Å²) in [6, 6.07) is 3.53. The van der Waals surface area contributed by atoms with E-state index in [4.69, 9.17) is 10.5 Å². The average molecular weight is 281 g/mol. The van der Waals surface area contributed by atoms with E-state index in [0.29, 0.717) is 11.7 Å². The summed E-state index contributed by atoms with van der Waals surface area (Å²) in [5.41, 5.74) is 7.31. The first-order chi connectivity index (χ1) is 9.38. The molecule has 1 aromatic rings. The summed E-state index contributed by atoms with van der Waals surface area (Å²) in [5, 5.41) is 0. The Morgan fingerprint density at radius 3 is 2.65 bits per heavy atom. The largest absolute Gasteiger partial charge is 0.488 e. The van der Waals surface area contributed by atoms with Crippen LogP contribution in [0, 0.1) is 5.82 Å². The minimum Gasteiger partial charge on any atom is -0.488 e. The Morgan fingerprint density at radius 2 is 2.05 bits per heavy atom. The van der Waals surface area contributed by atoms with E-state index in [2.05, 4.69) is 23.8 Å². The van der Waals surface area contributed by atoms with Crippen LogP contribution in [0.3, 0.4) is 0 Å². The number of hydrogen-bond donors (Lipinski definition) is 1. The van der Waals surface area contributed by atoms with Crippen LogP contribution in [0.5, 0.6) is 5.75 Å². The second-order valence-corrected chi connectivity index (χ2v) is 5.78. The van der Waals surface area contributed by atoms with E-state index in [1.807, 2.05) is 13.8 Å². The lowest BCUT2D eigenvalue weighted by atomic mass is 10.1. The third kappa shape index (κ3) is 3.15. The highest BCUT2D eigenvalue weighted by Gasteiger charge is 2.23. The lowest BCUT2D eigenvalue weighted by Gasteiger charge is -2.39. The first-order valence-corrected chi connectivity index (χ1v) is 7.09. The fourth-order valence-electron chi connectivity index (χ4n) is 2.44. The van der Waals surface area contributed by atoms with Crippen molar-refractivity contribution in [1.29, 1.82) is 0 Å². The average Bonchev–Trinajstić information content (AvgIpc) is 2.36. The summed E-state index contributed by atoms with van der Waals surface area (Å²) < 4.78 is 19.4. The molecule has 1 aliphatic rings. The monoisotopic (exact) mass is 281 g/mol. The summed E-state index contributed by atoms with van der Waals surface area (Å²) in [6.45, 7) is 8.68. The predicted molar refractivity (Wildman–Crippen MR) is 80.9 cm³/mol. The first kappa shape index (κ1) is 14.9. The number of nitrogens with zero attached hydrogens (tertiary/aromatic N) is 2. The Hall–Kier alpha value is -1.49. The van der Waals surface area contributed by atoms with Crippen LogP contribution in [-0.4, -0.2) is 43.7 Å². The lowest BCUT2D eigenvalue weighted by Crippen LogP contribution is -2.50. The molecule has 0 spiro atoms. The number of halogens is 1. The van der Waals surface area contributed by atoms with Crippen LogP contribution >= 0.6 is 0 Å². The molecule has 1 atom stereocenters. The summed E-state index contributed by atoms with van der Waals surface area (Å²) >= 11 is 0. The molecule has 1 aliphatic heterocycles. The van der Waals surface area contributed by atoms with Crippen LogP contribution in [0.15, 0.2) is 12.1 Å². The normalized spacial score (nSPS) is 20.5. The van der Waals surface area contributed by atoms with Gasteiger partial charge in [-0.1, -0.05) is 0 Å². The molecular formula is C15H24FN3O. The second-order valence-electron chi connectivity index (χ2n) is 5.78. The molecule has 0 saturated carbocycles. The van der Waals surface area contributed by atoms with Gasteiger partial charge in [-0.25, -0.2) is 4.39 Å². The molecule has 0 aromatic heterocycles. The van der Waals surface area contributed by atoms with Crippen molar-refractivity contribution in [1.82, 2.24) is 4.90 Å². The van der Waals surface area contributed by atoms with Gasteiger partial charge in [0, 0.05) is 37.8 Å². The van der Waals surface area contributed by atoms with Gasteiger partial charge in [-0.15, -0.1) is 0 Å². The molecule has 1 saturated heterocycles. The zero-order valence-electron chi connectivity index (χ0n) is 12.7. The molecule has 0 bridgehead atoms. The van der Waals surface area contributed by atoms with Crippen LogP contribution in [0.4, 0.5) is 15.8 Å². The molecule has 1 aromatic carbocycles. The van der Waals surface area contributed by atoms with Crippen LogP contribution in [0.2, 0.25) is 0 Å². The van der Waals surface area contributed by atoms with E-state index < -0.39 is 5.82 Å². The molecule has 4 nitrogen and oxygen atoms in total. The molecule has 0 aliphatic carbocycles. The molecule has 5 heteroatoms. The van der Waals surface area contributed by atoms with Crippen LogP contribution in [0.1, 0.15) is 20.8 Å². The van der Waals surface area contributed by atoms with Crippen molar-refractivity contribution in [3.63, 3.8) is 0 Å². The summed E-state index contributed by atoms with van der Waals surface area (Å²) in [5.74, 6) is -0.127. The fraction of sp³-hybridized carbons (Fsp3) is 0.600. The SMILES string of the molecule is CC(C)Oc1cc(N2CCN(C)C(C)C2)c(N)cc1F. The minimum absolute atomic E-state index is 0.0626. The van der Waals surface area contributed by atoms with E-state index in [0.717, 1.165) is 25.3 Å². The van der Waals surface area contributed by atoms with Crippen LogP contribution in [0.25, 0.3) is 0 Å². The highest BCUT2D eigenvalue weighted by Crippen LogP contribution is 2.32. The van der Waals surface area contributed by atoms with Crippen molar-refractivity contribution in [3.8, 4) is 5.75 Å². The van der Waals surface area contributed by atoms with Crippen molar-refractivity contribution in [3.05, 3.63) is 17.9 Å². The maximum absolute atomic E-state index is 13.9. The van der Waals surface area contributed by atoms with E-state index in [1.165, 1.54) is 6.07 Å². The Bertz CT molecular complexity index is 478. The fourth-order valence-corrected chi connectivity index (χ4v) is 2.44. The number of anilines is 2. The minimum atomic E-state index is -0.401. The van der Waals surface area contributed by atoms with Gasteiger partial charge in [0.15, 0.2) is 11.6 Å². The van der Waals surface area contributed by atoms with E-state index >= 15 is 0 Å². The van der Waals surface area contributed by atoms with Crippen LogP contribution < -0.4 is 15.4 Å². The number of nitrogens with two attached hydrogens (primary N) is 1. The molecular weight excluding hydrogens is 257 g/mol. The Kier molecular flexibility index (Phi) is 4.38. The Morgan fingerprint density at radius 1 is 1.35 bits per heavy atom. The number of rotatable bonds is 3. The predicted octanol–water partition coefficient (Wildman–Crippen LogP) is 2.34. The number of nitrogen functional groups attached to an aromatic ring is 1. The smallest absolute Gasteiger partial charge is 0.167 e. The molecule has 2 N–H and O–H groups in total. The zero-order valence-corrected chi connectivity index (χ0v) is 12.7. The highest BCUT2D eigenvalue weighted by molar-refractivity contribution is 5.70. The molecule has 0 radical (unpaired) electrons. The third-order valence-electron chi connectivity index (χ3n) is 3.74. The number of piperazine rings is 1. The van der Waals surface area contributed by atoms with E-state index in [1.54, 1.807) is 6.07 Å². The molecule has 20 heavy (non-hydrogen) atoms. The van der Waals surface area contributed by atoms with Crippen molar-refractivity contribution >= 4 is 11.4 Å². The third-order valence-corrected chi connectivity index (χ3v) is 3.74. The van der Waals surface area contributed by atoms with Crippen molar-refractivity contribution in [2.24, 2.45) is 0 Å². The van der Waals surface area contributed by atoms with Gasteiger partial charge in [-0.3, -0.25) is 0 Å². The van der Waals surface area contributed by atoms with E-state index in [9.17, 15) is 4.39 Å². The van der Waals surface area contributed by atoms with Gasteiger partial charge in [0.05, 0.1) is 17.5 Å². The van der Waals surface area contributed by atoms with Crippen molar-refractivity contribution in [2.45, 2.75) is 32.9 Å². The number of benzene rings is 1. The maximum atomic E-state index is 13.9. The number of likely N-dealkylation sites (N-methyl/N-ethyl adjacent to an activating group) is 1. The lowest BCUT2D eigenvalue weighted by molar-refractivity contribution is 0.229. The molecule has 1 unspecified atom stereocenters. The maximum Gasteiger partial charge on any atom is 0.167 e. The topological polar surface area (TPSA) is 41.7 Å². The molecule has 112 valence electrons. The van der Waals surface area contributed by atoms with Crippen molar-refractivity contribution in [2.75, 3.05) is 37.3 Å². The number of ether oxygens (including phenoxy) is 1. The number of hydrogen-bond acceptors (Lipinski definition) is 4. The van der Waals surface area contributed by atoms with Crippen molar-refractivity contribution < 1.29 is 9.13 Å². The molecule has 1 heterocycles. The van der Waals surface area contributed by atoms with Gasteiger partial charge in [-0.2, -0.15) is 0 Å². The Balaban J connectivity index is 2.27. The second kappa shape index (κ2) is 5.87. The Labute approximate surface area is 120 Å². The van der Waals surface area contributed by atoms with Gasteiger partial charge >= 0.3 is 0 Å².